The van der Waals surface area contributed by atoms with Crippen LogP contribution in [0.5, 0.6) is 0 Å². The number of carboxylic acids is 1. The van der Waals surface area contributed by atoms with Gasteiger partial charge in [0.25, 0.3) is 0 Å². The average molecular weight is 348 g/mol. The van der Waals surface area contributed by atoms with E-state index in [0.717, 1.165) is 44.4 Å². The topological polar surface area (TPSA) is 63.6 Å². The van der Waals surface area contributed by atoms with Gasteiger partial charge in [-0.15, -0.1) is 0 Å². The molecular formula is C21H32O4. The van der Waals surface area contributed by atoms with Crippen molar-refractivity contribution in [3.05, 3.63) is 35.4 Å². The van der Waals surface area contributed by atoms with Crippen molar-refractivity contribution in [1.82, 2.24) is 0 Å². The van der Waals surface area contributed by atoms with E-state index in [1.165, 1.54) is 25.0 Å². The van der Waals surface area contributed by atoms with E-state index in [9.17, 15) is 14.7 Å². The SMILES string of the molecule is CCCCC(CCCCCC(C)C)OC(=O)c1ccccc1C(=O)O. The Morgan fingerprint density at radius 1 is 0.960 bits per heavy atom. The number of carbonyl (C=O) groups is 2. The van der Waals surface area contributed by atoms with Crippen LogP contribution in [0.1, 0.15) is 92.9 Å². The van der Waals surface area contributed by atoms with Crippen molar-refractivity contribution in [3.8, 4) is 0 Å². The largest absolute Gasteiger partial charge is 0.478 e. The second-order valence-corrected chi connectivity index (χ2v) is 7.05. The molecule has 1 aromatic carbocycles. The number of benzene rings is 1. The maximum absolute atomic E-state index is 12.4. The minimum atomic E-state index is -1.11. The lowest BCUT2D eigenvalue weighted by molar-refractivity contribution is 0.0245. The number of carboxylic acid groups (broad SMARTS) is 1. The summed E-state index contributed by atoms with van der Waals surface area (Å²) < 4.78 is 5.65. The number of hydrogen-bond donors (Lipinski definition) is 1. The van der Waals surface area contributed by atoms with E-state index < -0.39 is 11.9 Å². The first-order valence-electron chi connectivity index (χ1n) is 9.49. The highest BCUT2D eigenvalue weighted by Gasteiger charge is 2.20. The molecule has 1 rings (SSSR count). The molecule has 1 aromatic rings. The molecule has 1 unspecified atom stereocenters. The van der Waals surface area contributed by atoms with Crippen molar-refractivity contribution in [1.29, 1.82) is 0 Å². The fraction of sp³-hybridized carbons (Fsp3) is 0.619. The van der Waals surface area contributed by atoms with Crippen LogP contribution in [-0.4, -0.2) is 23.1 Å². The van der Waals surface area contributed by atoms with Gasteiger partial charge in [0.05, 0.1) is 11.1 Å². The van der Waals surface area contributed by atoms with Crippen LogP contribution in [0.4, 0.5) is 0 Å². The monoisotopic (exact) mass is 348 g/mol. The quantitative estimate of drug-likeness (QED) is 0.388. The standard InChI is InChI=1S/C21H32O4/c1-4-5-12-17(13-8-6-7-11-16(2)3)25-21(24)19-15-10-9-14-18(19)20(22)23/h9-10,14-17H,4-8,11-13H2,1-3H3,(H,22,23). The maximum Gasteiger partial charge on any atom is 0.339 e. The molecule has 0 aliphatic rings. The van der Waals surface area contributed by atoms with E-state index in [4.69, 9.17) is 4.74 Å². The van der Waals surface area contributed by atoms with Crippen LogP contribution in [0.15, 0.2) is 24.3 Å². The van der Waals surface area contributed by atoms with E-state index in [1.54, 1.807) is 12.1 Å². The Morgan fingerprint density at radius 2 is 1.56 bits per heavy atom. The Labute approximate surface area is 151 Å². The number of hydrogen-bond acceptors (Lipinski definition) is 3. The van der Waals surface area contributed by atoms with Crippen LogP contribution < -0.4 is 0 Å². The summed E-state index contributed by atoms with van der Waals surface area (Å²) in [6.07, 6.45) is 8.21. The number of rotatable bonds is 12. The van der Waals surface area contributed by atoms with Crippen molar-refractivity contribution >= 4 is 11.9 Å². The van der Waals surface area contributed by atoms with Gasteiger partial charge in [-0.05, 0) is 37.3 Å². The van der Waals surface area contributed by atoms with Gasteiger partial charge in [0.1, 0.15) is 6.10 Å². The lowest BCUT2D eigenvalue weighted by atomic mass is 10.0. The summed E-state index contributed by atoms with van der Waals surface area (Å²) in [5, 5.41) is 9.23. The van der Waals surface area contributed by atoms with Gasteiger partial charge in [0, 0.05) is 0 Å². The molecule has 0 bridgehead atoms. The zero-order valence-corrected chi connectivity index (χ0v) is 15.8. The van der Waals surface area contributed by atoms with E-state index in [-0.39, 0.29) is 17.2 Å². The van der Waals surface area contributed by atoms with Gasteiger partial charge in [-0.25, -0.2) is 9.59 Å². The summed E-state index contributed by atoms with van der Waals surface area (Å²) in [5.74, 6) is -0.908. The van der Waals surface area contributed by atoms with Gasteiger partial charge in [-0.1, -0.05) is 65.0 Å². The van der Waals surface area contributed by atoms with Crippen LogP contribution in [-0.2, 0) is 4.74 Å². The van der Waals surface area contributed by atoms with Crippen LogP contribution in [0.3, 0.4) is 0 Å². The molecule has 25 heavy (non-hydrogen) atoms. The third kappa shape index (κ3) is 8.19. The van der Waals surface area contributed by atoms with Gasteiger partial charge in [-0.3, -0.25) is 0 Å². The molecular weight excluding hydrogens is 316 g/mol. The molecule has 0 heterocycles. The number of carbonyl (C=O) groups excluding carboxylic acids is 1. The molecule has 0 aliphatic heterocycles. The predicted octanol–water partition coefficient (Wildman–Crippen LogP) is 5.71. The molecule has 140 valence electrons. The van der Waals surface area contributed by atoms with Crippen molar-refractivity contribution in [2.75, 3.05) is 0 Å². The first kappa shape index (κ1) is 21.2. The summed E-state index contributed by atoms with van der Waals surface area (Å²) >= 11 is 0. The third-order valence-corrected chi connectivity index (χ3v) is 4.34. The van der Waals surface area contributed by atoms with Crippen molar-refractivity contribution < 1.29 is 19.4 Å². The first-order valence-corrected chi connectivity index (χ1v) is 9.49. The van der Waals surface area contributed by atoms with Crippen molar-refractivity contribution in [3.63, 3.8) is 0 Å². The summed E-state index contributed by atoms with van der Waals surface area (Å²) in [4.78, 5) is 23.7. The minimum Gasteiger partial charge on any atom is -0.478 e. The lowest BCUT2D eigenvalue weighted by Crippen LogP contribution is -2.20. The molecule has 1 atom stereocenters. The van der Waals surface area contributed by atoms with Gasteiger partial charge in [0.2, 0.25) is 0 Å². The van der Waals surface area contributed by atoms with Crippen LogP contribution in [0.2, 0.25) is 0 Å². The molecule has 0 radical (unpaired) electrons. The van der Waals surface area contributed by atoms with Gasteiger partial charge < -0.3 is 9.84 Å². The highest BCUT2D eigenvalue weighted by molar-refractivity contribution is 6.02. The number of aromatic carboxylic acids is 1. The van der Waals surface area contributed by atoms with E-state index in [2.05, 4.69) is 20.8 Å². The Kier molecular flexibility index (Phi) is 9.90. The Hall–Kier alpha value is -1.84. The van der Waals surface area contributed by atoms with Crippen LogP contribution in [0, 0.1) is 5.92 Å². The Morgan fingerprint density at radius 3 is 2.16 bits per heavy atom. The number of unbranched alkanes of at least 4 members (excludes halogenated alkanes) is 3. The van der Waals surface area contributed by atoms with Gasteiger partial charge in [-0.2, -0.15) is 0 Å². The summed E-state index contributed by atoms with van der Waals surface area (Å²) in [6.45, 7) is 6.57. The lowest BCUT2D eigenvalue weighted by Gasteiger charge is -2.18. The van der Waals surface area contributed by atoms with Gasteiger partial charge in [0.15, 0.2) is 0 Å². The van der Waals surface area contributed by atoms with Crippen molar-refractivity contribution in [2.45, 2.75) is 78.2 Å². The van der Waals surface area contributed by atoms with E-state index in [0.29, 0.717) is 0 Å². The number of esters is 1. The number of ether oxygens (including phenoxy) is 1. The fourth-order valence-corrected chi connectivity index (χ4v) is 2.86. The molecule has 0 saturated carbocycles. The minimum absolute atomic E-state index is 0.00123. The fourth-order valence-electron chi connectivity index (χ4n) is 2.86. The Bertz CT molecular complexity index is 536. The van der Waals surface area contributed by atoms with E-state index in [1.807, 2.05) is 0 Å². The molecule has 0 spiro atoms. The van der Waals surface area contributed by atoms with E-state index >= 15 is 0 Å². The Balaban J connectivity index is 2.61. The summed E-state index contributed by atoms with van der Waals surface area (Å²) in [6, 6.07) is 6.23. The molecule has 0 saturated heterocycles. The second-order valence-electron chi connectivity index (χ2n) is 7.05. The summed E-state index contributed by atoms with van der Waals surface area (Å²) in [5.41, 5.74) is 0.134. The first-order chi connectivity index (χ1) is 12.0. The highest BCUT2D eigenvalue weighted by atomic mass is 16.5. The molecule has 4 nitrogen and oxygen atoms in total. The molecule has 0 amide bonds. The highest BCUT2D eigenvalue weighted by Crippen LogP contribution is 2.18. The third-order valence-electron chi connectivity index (χ3n) is 4.34. The molecule has 1 N–H and O–H groups in total. The normalized spacial score (nSPS) is 12.2. The smallest absolute Gasteiger partial charge is 0.339 e. The second kappa shape index (κ2) is 11.7. The predicted molar refractivity (Wildman–Crippen MR) is 100 cm³/mol. The maximum atomic E-state index is 12.4. The van der Waals surface area contributed by atoms with Crippen LogP contribution in [0.25, 0.3) is 0 Å². The molecule has 0 fully saturated rings. The average Bonchev–Trinajstić information content (AvgIpc) is 2.58. The molecule has 0 aromatic heterocycles. The van der Waals surface area contributed by atoms with Crippen LogP contribution >= 0.6 is 0 Å². The van der Waals surface area contributed by atoms with Gasteiger partial charge >= 0.3 is 11.9 Å². The molecule has 4 heteroatoms. The zero-order chi connectivity index (χ0) is 18.7. The summed E-state index contributed by atoms with van der Waals surface area (Å²) in [7, 11) is 0. The van der Waals surface area contributed by atoms with Crippen molar-refractivity contribution in [2.24, 2.45) is 5.92 Å². The molecule has 0 aliphatic carbocycles. The zero-order valence-electron chi connectivity index (χ0n) is 15.8.